The average molecular weight is 269 g/mol. The van der Waals surface area contributed by atoms with Crippen molar-refractivity contribution in [1.82, 2.24) is 20.4 Å². The van der Waals surface area contributed by atoms with Crippen molar-refractivity contribution < 1.29 is 4.39 Å². The van der Waals surface area contributed by atoms with Crippen LogP contribution >= 0.6 is 0 Å². The zero-order valence-electron chi connectivity index (χ0n) is 10.8. The van der Waals surface area contributed by atoms with Crippen LogP contribution in [0.1, 0.15) is 12.6 Å². The Morgan fingerprint density at radius 3 is 2.90 bits per heavy atom. The molecular formula is C14H12FN5. The van der Waals surface area contributed by atoms with Crippen molar-refractivity contribution in [3.8, 4) is 0 Å². The molecule has 6 heteroatoms. The normalized spacial score (nSPS) is 21.7. The van der Waals surface area contributed by atoms with E-state index in [1.165, 1.54) is 12.3 Å². The van der Waals surface area contributed by atoms with E-state index >= 15 is 0 Å². The van der Waals surface area contributed by atoms with Crippen LogP contribution < -0.4 is 5.43 Å². The SMILES string of the molecule is CC1(c2cc3c(cn2)[nH]c2ncc(F)cc23)C=NNC1. The van der Waals surface area contributed by atoms with Gasteiger partial charge in [-0.15, -0.1) is 0 Å². The minimum absolute atomic E-state index is 0.238. The summed E-state index contributed by atoms with van der Waals surface area (Å²) in [5, 5.41) is 5.76. The summed E-state index contributed by atoms with van der Waals surface area (Å²) in [6, 6.07) is 3.47. The molecule has 100 valence electrons. The molecule has 1 aliphatic heterocycles. The van der Waals surface area contributed by atoms with Crippen LogP contribution in [0.25, 0.3) is 21.9 Å². The highest BCUT2D eigenvalue weighted by Crippen LogP contribution is 2.29. The van der Waals surface area contributed by atoms with Crippen LogP contribution in [0.2, 0.25) is 0 Å². The molecule has 0 fully saturated rings. The third kappa shape index (κ3) is 1.51. The van der Waals surface area contributed by atoms with Gasteiger partial charge in [0.25, 0.3) is 0 Å². The van der Waals surface area contributed by atoms with Crippen molar-refractivity contribution in [3.63, 3.8) is 0 Å². The van der Waals surface area contributed by atoms with Crippen LogP contribution in [0.3, 0.4) is 0 Å². The first-order valence-corrected chi connectivity index (χ1v) is 6.36. The summed E-state index contributed by atoms with van der Waals surface area (Å²) in [6.45, 7) is 2.78. The summed E-state index contributed by atoms with van der Waals surface area (Å²) in [5.74, 6) is -0.341. The zero-order chi connectivity index (χ0) is 13.7. The van der Waals surface area contributed by atoms with Crippen LogP contribution in [-0.4, -0.2) is 27.7 Å². The van der Waals surface area contributed by atoms with Crippen molar-refractivity contribution in [2.75, 3.05) is 6.54 Å². The third-order valence-corrected chi connectivity index (χ3v) is 3.77. The predicted octanol–water partition coefficient (Wildman–Crippen LogP) is 2.10. The van der Waals surface area contributed by atoms with E-state index in [1.807, 2.05) is 12.3 Å². The first-order chi connectivity index (χ1) is 9.66. The number of nitrogens with zero attached hydrogens (tertiary/aromatic N) is 3. The molecule has 0 spiro atoms. The van der Waals surface area contributed by atoms with Crippen molar-refractivity contribution in [3.05, 3.63) is 36.0 Å². The topological polar surface area (TPSA) is 66.0 Å². The highest BCUT2D eigenvalue weighted by atomic mass is 19.1. The Hall–Kier alpha value is -2.50. The largest absolute Gasteiger partial charge is 0.338 e. The van der Waals surface area contributed by atoms with Crippen molar-refractivity contribution in [2.24, 2.45) is 5.10 Å². The second-order valence-corrected chi connectivity index (χ2v) is 5.30. The molecule has 5 nitrogen and oxygen atoms in total. The number of nitrogens with one attached hydrogen (secondary N) is 2. The Morgan fingerprint density at radius 2 is 2.10 bits per heavy atom. The van der Waals surface area contributed by atoms with Gasteiger partial charge in [-0.2, -0.15) is 5.10 Å². The highest BCUT2D eigenvalue weighted by Gasteiger charge is 2.30. The van der Waals surface area contributed by atoms with Gasteiger partial charge in [0.15, 0.2) is 0 Å². The number of hydrogen-bond donors (Lipinski definition) is 2. The molecule has 0 saturated heterocycles. The minimum atomic E-state index is -0.341. The molecule has 2 N–H and O–H groups in total. The summed E-state index contributed by atoms with van der Waals surface area (Å²) in [4.78, 5) is 11.7. The molecule has 1 aliphatic rings. The Balaban J connectivity index is 2.00. The lowest BCUT2D eigenvalue weighted by atomic mass is 9.88. The smallest absolute Gasteiger partial charge is 0.142 e. The monoisotopic (exact) mass is 269 g/mol. The van der Waals surface area contributed by atoms with E-state index in [2.05, 4.69) is 32.4 Å². The number of H-pyrrole nitrogens is 1. The fourth-order valence-electron chi connectivity index (χ4n) is 2.56. The van der Waals surface area contributed by atoms with E-state index in [0.29, 0.717) is 12.2 Å². The number of fused-ring (bicyclic) bond motifs is 3. The van der Waals surface area contributed by atoms with E-state index in [9.17, 15) is 4.39 Å². The number of aromatic amines is 1. The fourth-order valence-corrected chi connectivity index (χ4v) is 2.56. The molecule has 1 unspecified atom stereocenters. The van der Waals surface area contributed by atoms with Gasteiger partial charge in [0.2, 0.25) is 0 Å². The maximum Gasteiger partial charge on any atom is 0.142 e. The molecule has 0 amide bonds. The van der Waals surface area contributed by atoms with E-state index in [-0.39, 0.29) is 11.2 Å². The summed E-state index contributed by atoms with van der Waals surface area (Å²) < 4.78 is 13.4. The van der Waals surface area contributed by atoms with Gasteiger partial charge in [-0.05, 0) is 19.1 Å². The van der Waals surface area contributed by atoms with Crippen molar-refractivity contribution in [2.45, 2.75) is 12.3 Å². The quantitative estimate of drug-likeness (QED) is 0.711. The van der Waals surface area contributed by atoms with Crippen LogP contribution in [0.5, 0.6) is 0 Å². The Labute approximate surface area is 113 Å². The highest BCUT2D eigenvalue weighted by molar-refractivity contribution is 6.05. The van der Waals surface area contributed by atoms with E-state index < -0.39 is 0 Å². The summed E-state index contributed by atoms with van der Waals surface area (Å²) in [7, 11) is 0. The Kier molecular flexibility index (Phi) is 2.13. The number of hydrazone groups is 1. The van der Waals surface area contributed by atoms with Crippen LogP contribution in [-0.2, 0) is 5.41 Å². The summed E-state index contributed by atoms with van der Waals surface area (Å²) >= 11 is 0. The zero-order valence-corrected chi connectivity index (χ0v) is 10.8. The van der Waals surface area contributed by atoms with Gasteiger partial charge in [-0.3, -0.25) is 4.98 Å². The third-order valence-electron chi connectivity index (χ3n) is 3.77. The Morgan fingerprint density at radius 1 is 1.20 bits per heavy atom. The number of halogens is 1. The average Bonchev–Trinajstić information content (AvgIpc) is 3.03. The molecule has 4 heterocycles. The summed E-state index contributed by atoms with van der Waals surface area (Å²) in [6.07, 6.45) is 4.83. The molecule has 3 aromatic rings. The van der Waals surface area contributed by atoms with E-state index in [1.54, 1.807) is 6.20 Å². The van der Waals surface area contributed by atoms with Crippen LogP contribution in [0.4, 0.5) is 4.39 Å². The molecule has 0 aliphatic carbocycles. The van der Waals surface area contributed by atoms with Gasteiger partial charge in [0, 0.05) is 23.5 Å². The van der Waals surface area contributed by atoms with Crippen molar-refractivity contribution in [1.29, 1.82) is 0 Å². The number of aromatic nitrogens is 3. The van der Waals surface area contributed by atoms with Gasteiger partial charge in [0.05, 0.1) is 29.0 Å². The first-order valence-electron chi connectivity index (χ1n) is 6.36. The fraction of sp³-hybridized carbons (Fsp3) is 0.214. The molecular weight excluding hydrogens is 257 g/mol. The molecule has 0 aromatic carbocycles. The van der Waals surface area contributed by atoms with Gasteiger partial charge in [-0.1, -0.05) is 0 Å². The second-order valence-electron chi connectivity index (χ2n) is 5.30. The molecule has 1 atom stereocenters. The maximum atomic E-state index is 13.4. The minimum Gasteiger partial charge on any atom is -0.338 e. The van der Waals surface area contributed by atoms with Gasteiger partial charge in [-0.25, -0.2) is 9.37 Å². The molecule has 0 saturated carbocycles. The molecule has 4 rings (SSSR count). The van der Waals surface area contributed by atoms with Crippen LogP contribution in [0.15, 0.2) is 29.6 Å². The number of rotatable bonds is 1. The van der Waals surface area contributed by atoms with Crippen LogP contribution in [0, 0.1) is 5.82 Å². The molecule has 3 aromatic heterocycles. The maximum absolute atomic E-state index is 13.4. The standard InChI is InChI=1S/C14H12FN5/c1-14(6-18-19-7-14)12-3-9-10-2-8(15)4-17-13(10)20-11(9)5-16-12/h2-6,19H,7H2,1H3,(H,17,20). The molecule has 20 heavy (non-hydrogen) atoms. The van der Waals surface area contributed by atoms with Crippen molar-refractivity contribution >= 4 is 28.2 Å². The lowest BCUT2D eigenvalue weighted by Gasteiger charge is -2.18. The first kappa shape index (κ1) is 11.3. The lowest BCUT2D eigenvalue weighted by Crippen LogP contribution is -2.29. The van der Waals surface area contributed by atoms with E-state index in [0.717, 1.165) is 22.0 Å². The summed E-state index contributed by atoms with van der Waals surface area (Å²) in [5.41, 5.74) is 5.14. The van der Waals surface area contributed by atoms with Gasteiger partial charge < -0.3 is 10.4 Å². The Bertz CT molecular complexity index is 853. The molecule has 0 radical (unpaired) electrons. The lowest BCUT2D eigenvalue weighted by molar-refractivity contribution is 0.607. The number of pyridine rings is 2. The van der Waals surface area contributed by atoms with Gasteiger partial charge >= 0.3 is 0 Å². The number of hydrogen-bond acceptors (Lipinski definition) is 4. The molecule has 0 bridgehead atoms. The second kappa shape index (κ2) is 3.75. The van der Waals surface area contributed by atoms with Gasteiger partial charge in [0.1, 0.15) is 11.5 Å². The van der Waals surface area contributed by atoms with E-state index in [4.69, 9.17) is 0 Å². The predicted molar refractivity (Wildman–Crippen MR) is 75.2 cm³/mol.